The summed E-state index contributed by atoms with van der Waals surface area (Å²) >= 11 is 0. The minimum Gasteiger partial charge on any atom is -0.456 e. The second-order valence-electron chi connectivity index (χ2n) is 13.5. The fraction of sp³-hybridized carbons (Fsp3) is 0. The van der Waals surface area contributed by atoms with E-state index >= 15 is 0 Å². The van der Waals surface area contributed by atoms with Crippen LogP contribution in [-0.2, 0) is 0 Å². The molecule has 0 fully saturated rings. The first kappa shape index (κ1) is 29.5. The molecule has 53 heavy (non-hydrogen) atoms. The van der Waals surface area contributed by atoms with Crippen molar-refractivity contribution < 1.29 is 4.42 Å². The smallest absolute Gasteiger partial charge is 0.164 e. The summed E-state index contributed by atoms with van der Waals surface area (Å²) in [6, 6.07) is 61.6. The minimum absolute atomic E-state index is 0.623. The van der Waals surface area contributed by atoms with Gasteiger partial charge in [-0.1, -0.05) is 152 Å². The van der Waals surface area contributed by atoms with E-state index in [1.165, 1.54) is 21.5 Å². The van der Waals surface area contributed by atoms with Gasteiger partial charge in [0.2, 0.25) is 0 Å². The summed E-state index contributed by atoms with van der Waals surface area (Å²) in [5, 5.41) is 11.5. The third-order valence-electron chi connectivity index (χ3n) is 10.5. The fourth-order valence-corrected chi connectivity index (χ4v) is 8.04. The van der Waals surface area contributed by atoms with Gasteiger partial charge in [0, 0.05) is 27.5 Å². The Morgan fingerprint density at radius 1 is 0.302 bits per heavy atom. The third kappa shape index (κ3) is 4.73. The van der Waals surface area contributed by atoms with E-state index in [1.54, 1.807) is 0 Å². The fourth-order valence-electron chi connectivity index (χ4n) is 8.04. The van der Waals surface area contributed by atoms with E-state index in [2.05, 4.69) is 158 Å². The Bertz CT molecular complexity index is 3100. The lowest BCUT2D eigenvalue weighted by Crippen LogP contribution is -2.01. The summed E-state index contributed by atoms with van der Waals surface area (Å²) in [6.45, 7) is 0. The standard InChI is InChI=1S/C49H29N3O/c1-3-14-34-32(12-1)28-42(39-18-7-5-16-37(34)39)48-50-47(51-49(52-48)43-29-33-13-2-4-15-35(33)38-17-6-8-19-40(38)43)31-26-24-30(25-27-31)36-21-11-23-45-46(36)41-20-9-10-22-44(41)53-45/h1-29H. The Morgan fingerprint density at radius 2 is 0.755 bits per heavy atom. The van der Waals surface area contributed by atoms with Gasteiger partial charge in [-0.3, -0.25) is 0 Å². The van der Waals surface area contributed by atoms with Crippen molar-refractivity contribution >= 4 is 65.0 Å². The molecule has 0 saturated carbocycles. The van der Waals surface area contributed by atoms with Crippen LogP contribution in [0, 0.1) is 0 Å². The molecule has 0 N–H and O–H groups in total. The number of hydrogen-bond donors (Lipinski definition) is 0. The summed E-state index contributed by atoms with van der Waals surface area (Å²) in [5.41, 5.74) is 6.86. The Kier molecular flexibility index (Phi) is 6.52. The largest absolute Gasteiger partial charge is 0.456 e. The molecule has 2 aromatic heterocycles. The molecule has 0 amide bonds. The number of rotatable bonds is 4. The van der Waals surface area contributed by atoms with Crippen LogP contribution < -0.4 is 0 Å². The molecule has 2 heterocycles. The summed E-state index contributed by atoms with van der Waals surface area (Å²) in [7, 11) is 0. The predicted octanol–water partition coefficient (Wildman–Crippen LogP) is 13.1. The summed E-state index contributed by atoms with van der Waals surface area (Å²) in [4.78, 5) is 15.8. The topological polar surface area (TPSA) is 51.8 Å². The van der Waals surface area contributed by atoms with Crippen LogP contribution in [0.15, 0.2) is 180 Å². The maximum atomic E-state index is 6.21. The molecule has 0 aliphatic carbocycles. The third-order valence-corrected chi connectivity index (χ3v) is 10.5. The highest BCUT2D eigenvalue weighted by molar-refractivity contribution is 6.15. The number of benzene rings is 9. The van der Waals surface area contributed by atoms with Crippen molar-refractivity contribution in [3.63, 3.8) is 0 Å². The van der Waals surface area contributed by atoms with Crippen LogP contribution in [0.3, 0.4) is 0 Å². The van der Waals surface area contributed by atoms with Crippen molar-refractivity contribution in [1.82, 2.24) is 15.0 Å². The van der Waals surface area contributed by atoms with Gasteiger partial charge in [-0.25, -0.2) is 15.0 Å². The molecule has 0 aliphatic heterocycles. The van der Waals surface area contributed by atoms with Gasteiger partial charge < -0.3 is 4.42 Å². The highest BCUT2D eigenvalue weighted by Gasteiger charge is 2.19. The maximum absolute atomic E-state index is 6.21. The molecular weight excluding hydrogens is 647 g/mol. The van der Waals surface area contributed by atoms with E-state index in [1.807, 2.05) is 18.2 Å². The second kappa shape index (κ2) is 11.7. The van der Waals surface area contributed by atoms with Gasteiger partial charge in [0.15, 0.2) is 17.5 Å². The van der Waals surface area contributed by atoms with E-state index in [4.69, 9.17) is 19.4 Å². The van der Waals surface area contributed by atoms with Crippen LogP contribution >= 0.6 is 0 Å². The molecule has 0 unspecified atom stereocenters. The predicted molar refractivity (Wildman–Crippen MR) is 219 cm³/mol. The SMILES string of the molecule is c1ccc2c(c1)cc(-c1nc(-c3ccc(-c4cccc5oc6ccccc6c45)cc3)nc(-c3cc4ccccc4c4ccccc34)n1)c1ccccc12. The molecule has 246 valence electrons. The quantitative estimate of drug-likeness (QED) is 0.174. The van der Waals surface area contributed by atoms with Gasteiger partial charge in [-0.2, -0.15) is 0 Å². The molecule has 4 nitrogen and oxygen atoms in total. The zero-order chi connectivity index (χ0) is 34.9. The molecule has 0 atom stereocenters. The lowest BCUT2D eigenvalue weighted by molar-refractivity contribution is 0.669. The van der Waals surface area contributed by atoms with E-state index in [0.717, 1.165) is 71.3 Å². The van der Waals surface area contributed by atoms with Crippen LogP contribution in [0.25, 0.3) is 110 Å². The molecule has 9 aromatic carbocycles. The first-order chi connectivity index (χ1) is 26.3. The molecule has 0 bridgehead atoms. The monoisotopic (exact) mass is 675 g/mol. The van der Waals surface area contributed by atoms with Crippen molar-refractivity contribution in [3.8, 4) is 45.3 Å². The summed E-state index contributed by atoms with van der Waals surface area (Å²) in [6.07, 6.45) is 0. The van der Waals surface area contributed by atoms with Crippen LogP contribution in [0.1, 0.15) is 0 Å². The maximum Gasteiger partial charge on any atom is 0.164 e. The number of nitrogens with zero attached hydrogens (tertiary/aromatic N) is 3. The van der Waals surface area contributed by atoms with Gasteiger partial charge in [-0.05, 0) is 78.5 Å². The molecule has 0 radical (unpaired) electrons. The summed E-state index contributed by atoms with van der Waals surface area (Å²) < 4.78 is 6.21. The van der Waals surface area contributed by atoms with Gasteiger partial charge in [0.05, 0.1) is 0 Å². The summed E-state index contributed by atoms with van der Waals surface area (Å²) in [5.74, 6) is 1.91. The lowest BCUT2D eigenvalue weighted by atomic mass is 9.96. The van der Waals surface area contributed by atoms with Crippen LogP contribution in [0.4, 0.5) is 0 Å². The van der Waals surface area contributed by atoms with Crippen LogP contribution in [0.2, 0.25) is 0 Å². The van der Waals surface area contributed by atoms with Gasteiger partial charge in [0.1, 0.15) is 11.2 Å². The zero-order valence-electron chi connectivity index (χ0n) is 28.5. The van der Waals surface area contributed by atoms with Gasteiger partial charge >= 0.3 is 0 Å². The average molecular weight is 676 g/mol. The van der Waals surface area contributed by atoms with Crippen molar-refractivity contribution in [2.45, 2.75) is 0 Å². The first-order valence-electron chi connectivity index (χ1n) is 17.9. The van der Waals surface area contributed by atoms with Gasteiger partial charge in [0.25, 0.3) is 0 Å². The van der Waals surface area contributed by atoms with E-state index in [0.29, 0.717) is 17.5 Å². The van der Waals surface area contributed by atoms with Crippen molar-refractivity contribution in [3.05, 3.63) is 176 Å². The van der Waals surface area contributed by atoms with Crippen LogP contribution in [0.5, 0.6) is 0 Å². The van der Waals surface area contributed by atoms with E-state index in [-0.39, 0.29) is 0 Å². The van der Waals surface area contributed by atoms with Crippen molar-refractivity contribution in [1.29, 1.82) is 0 Å². The molecule has 0 saturated heterocycles. The second-order valence-corrected chi connectivity index (χ2v) is 13.5. The number of aromatic nitrogens is 3. The molecule has 11 aromatic rings. The Hall–Kier alpha value is -7.17. The zero-order valence-corrected chi connectivity index (χ0v) is 28.5. The average Bonchev–Trinajstić information content (AvgIpc) is 3.62. The van der Waals surface area contributed by atoms with Crippen molar-refractivity contribution in [2.24, 2.45) is 0 Å². The highest BCUT2D eigenvalue weighted by atomic mass is 16.3. The number of furan rings is 1. The number of hydrogen-bond acceptors (Lipinski definition) is 4. The Labute approximate surface area is 304 Å². The number of para-hydroxylation sites is 1. The number of fused-ring (bicyclic) bond motifs is 9. The Balaban J connectivity index is 1.15. The first-order valence-corrected chi connectivity index (χ1v) is 17.9. The normalized spacial score (nSPS) is 11.8. The lowest BCUT2D eigenvalue weighted by Gasteiger charge is -2.14. The highest BCUT2D eigenvalue weighted by Crippen LogP contribution is 2.39. The van der Waals surface area contributed by atoms with Crippen LogP contribution in [-0.4, -0.2) is 15.0 Å². The van der Waals surface area contributed by atoms with Gasteiger partial charge in [-0.15, -0.1) is 0 Å². The molecule has 4 heteroatoms. The van der Waals surface area contributed by atoms with E-state index < -0.39 is 0 Å². The molecule has 0 spiro atoms. The molecule has 11 rings (SSSR count). The molecular formula is C49H29N3O. The molecule has 0 aliphatic rings. The van der Waals surface area contributed by atoms with E-state index in [9.17, 15) is 0 Å². The van der Waals surface area contributed by atoms with Crippen molar-refractivity contribution in [2.75, 3.05) is 0 Å². The minimum atomic E-state index is 0.623. The Morgan fingerprint density at radius 3 is 1.36 bits per heavy atom.